The molecule has 5 rings (SSSR count). The summed E-state index contributed by atoms with van der Waals surface area (Å²) in [5, 5.41) is 5.21. The van der Waals surface area contributed by atoms with Crippen LogP contribution in [0.15, 0.2) is 91.0 Å². The quantitative estimate of drug-likeness (QED) is 0.415. The molecule has 1 heteroatoms. The molecule has 1 aliphatic rings. The van der Waals surface area contributed by atoms with E-state index in [4.69, 9.17) is 0 Å². The predicted octanol–water partition coefficient (Wildman–Crippen LogP) is 4.59. The van der Waals surface area contributed by atoms with E-state index in [1.165, 1.54) is 37.9 Å². The average molecular weight is 423 g/mol. The first-order valence-corrected chi connectivity index (χ1v) is 9.05. The Morgan fingerprint density at radius 1 is 0.741 bits per heavy atom. The van der Waals surface area contributed by atoms with Crippen molar-refractivity contribution in [1.82, 2.24) is 0 Å². The first-order chi connectivity index (χ1) is 12.8. The third-order valence-electron chi connectivity index (χ3n) is 5.52. The molecule has 0 saturated carbocycles. The summed E-state index contributed by atoms with van der Waals surface area (Å²) in [7, 11) is 0. The zero-order valence-corrected chi connectivity index (χ0v) is 17.7. The van der Waals surface area contributed by atoms with Crippen LogP contribution in [0.25, 0.3) is 22.4 Å². The second kappa shape index (κ2) is 7.06. The molecule has 27 heavy (non-hydrogen) atoms. The molecule has 0 aromatic heterocycles. The number of fused-ring (bicyclic) bond motifs is 2. The van der Waals surface area contributed by atoms with Crippen LogP contribution < -0.4 is 10.4 Å². The molecular weight excluding hydrogens is 404 g/mol. The smallest absolute Gasteiger partial charge is 0.00438 e. The van der Waals surface area contributed by atoms with Crippen molar-refractivity contribution in [3.63, 3.8) is 0 Å². The van der Waals surface area contributed by atoms with Crippen LogP contribution in [-0.2, 0) is 31.6 Å². The molecule has 0 heterocycles. The van der Waals surface area contributed by atoms with E-state index < -0.39 is 0 Å². The summed E-state index contributed by atoms with van der Waals surface area (Å²) in [4.78, 5) is 0. The molecule has 0 radical (unpaired) electrons. The number of hydrogen-bond donors (Lipinski definition) is 0. The minimum absolute atomic E-state index is 0. The Kier molecular flexibility index (Phi) is 4.74. The molecule has 1 atom stereocenters. The Hall–Kier alpha value is -2.24. The first kappa shape index (κ1) is 18.1. The van der Waals surface area contributed by atoms with Gasteiger partial charge in [-0.3, -0.25) is 0 Å². The molecular formula is C26H19Zr-. The molecule has 0 aliphatic heterocycles. The summed E-state index contributed by atoms with van der Waals surface area (Å²) in [5.74, 6) is 0. The van der Waals surface area contributed by atoms with Gasteiger partial charge in [-0.15, -0.1) is 35.9 Å². The Balaban J connectivity index is 0.00000180. The van der Waals surface area contributed by atoms with Gasteiger partial charge in [-0.05, 0) is 21.6 Å². The summed E-state index contributed by atoms with van der Waals surface area (Å²) >= 11 is 0. The number of hydrogen-bond acceptors (Lipinski definition) is 0. The van der Waals surface area contributed by atoms with Gasteiger partial charge in [0.2, 0.25) is 0 Å². The predicted molar refractivity (Wildman–Crippen MR) is 109 cm³/mol. The molecule has 0 nitrogen and oxygen atoms in total. The molecule has 1 aliphatic carbocycles. The third kappa shape index (κ3) is 2.86. The van der Waals surface area contributed by atoms with Crippen molar-refractivity contribution in [3.05, 3.63) is 119 Å². The van der Waals surface area contributed by atoms with Gasteiger partial charge in [-0.1, -0.05) is 90.5 Å². The Labute approximate surface area is 179 Å². The van der Waals surface area contributed by atoms with Gasteiger partial charge in [0.05, 0.1) is 0 Å². The summed E-state index contributed by atoms with van der Waals surface area (Å²) in [6.07, 6.45) is 2.42. The maximum atomic E-state index is 3.47. The van der Waals surface area contributed by atoms with Crippen molar-refractivity contribution in [2.75, 3.05) is 0 Å². The van der Waals surface area contributed by atoms with Crippen LogP contribution in [0.4, 0.5) is 0 Å². The van der Waals surface area contributed by atoms with Gasteiger partial charge in [0.25, 0.3) is 0 Å². The van der Waals surface area contributed by atoms with Gasteiger partial charge in [0, 0.05) is 31.6 Å². The van der Waals surface area contributed by atoms with E-state index in [1.807, 2.05) is 12.1 Å². The molecule has 4 aromatic carbocycles. The van der Waals surface area contributed by atoms with Crippen molar-refractivity contribution in [2.24, 2.45) is 0 Å². The van der Waals surface area contributed by atoms with Crippen molar-refractivity contribution >= 4 is 22.4 Å². The fraction of sp³-hybridized carbons (Fsp3) is 0.0769. The molecule has 0 fully saturated rings. The van der Waals surface area contributed by atoms with Crippen molar-refractivity contribution in [1.29, 1.82) is 0 Å². The fourth-order valence-electron chi connectivity index (χ4n) is 4.38. The van der Waals surface area contributed by atoms with Crippen LogP contribution in [-0.4, -0.2) is 0 Å². The summed E-state index contributed by atoms with van der Waals surface area (Å²) < 4.78 is 0. The van der Waals surface area contributed by atoms with Crippen LogP contribution in [0.1, 0.15) is 18.1 Å². The maximum Gasteiger partial charge on any atom is 0.00438 e. The fourth-order valence-corrected chi connectivity index (χ4v) is 4.38. The summed E-state index contributed by atoms with van der Waals surface area (Å²) in [5.41, 5.74) is 3.66. The van der Waals surface area contributed by atoms with Gasteiger partial charge in [-0.25, -0.2) is 0 Å². The van der Waals surface area contributed by atoms with E-state index in [1.54, 1.807) is 0 Å². The topological polar surface area (TPSA) is 0 Å². The van der Waals surface area contributed by atoms with Crippen LogP contribution in [0.3, 0.4) is 0 Å². The van der Waals surface area contributed by atoms with Crippen LogP contribution >= 0.6 is 0 Å². The van der Waals surface area contributed by atoms with Gasteiger partial charge >= 0.3 is 0 Å². The Morgan fingerprint density at radius 3 is 2.33 bits per heavy atom. The van der Waals surface area contributed by atoms with E-state index >= 15 is 0 Å². The molecule has 128 valence electrons. The zero-order valence-electron chi connectivity index (χ0n) is 15.2. The molecule has 0 N–H and O–H groups in total. The van der Waals surface area contributed by atoms with Crippen molar-refractivity contribution in [2.45, 2.75) is 12.3 Å². The van der Waals surface area contributed by atoms with Gasteiger partial charge in [0.15, 0.2) is 0 Å². The second-order valence-electron chi connectivity index (χ2n) is 7.11. The first-order valence-electron chi connectivity index (χ1n) is 9.05. The zero-order chi connectivity index (χ0) is 17.6. The van der Waals surface area contributed by atoms with Crippen molar-refractivity contribution in [3.8, 4) is 0 Å². The molecule has 4 aromatic rings. The van der Waals surface area contributed by atoms with E-state index in [0.29, 0.717) is 0 Å². The standard InChI is InChI=1S/C26H19.Zr/c1-26(24-17-9-14-19-10-5-7-15-22(19)24)18-21-13-6-8-16-23(21)25(26)20-11-3-2-4-12-20;/h2-11,13-18H,1H3;/q-1;. The molecule has 0 saturated heterocycles. The Bertz CT molecular complexity index is 1230. The SMILES string of the molecule is CC1(c2cccc3ccccc23)C=c2ccccc2=C1c1[c-]cccc1.[Zr]. The molecule has 1 unspecified atom stereocenters. The monoisotopic (exact) mass is 421 g/mol. The molecule has 0 bridgehead atoms. The summed E-state index contributed by atoms with van der Waals surface area (Å²) in [6, 6.07) is 35.8. The average Bonchev–Trinajstić information content (AvgIpc) is 3.01. The molecule has 0 spiro atoms. The summed E-state index contributed by atoms with van der Waals surface area (Å²) in [6.45, 7) is 2.34. The van der Waals surface area contributed by atoms with E-state index in [9.17, 15) is 0 Å². The van der Waals surface area contributed by atoms with E-state index in [0.717, 1.165) is 0 Å². The van der Waals surface area contributed by atoms with Crippen molar-refractivity contribution < 1.29 is 26.2 Å². The van der Waals surface area contributed by atoms with Gasteiger partial charge in [-0.2, -0.15) is 0 Å². The van der Waals surface area contributed by atoms with Crippen LogP contribution in [0.2, 0.25) is 0 Å². The van der Waals surface area contributed by atoms with Crippen LogP contribution in [0.5, 0.6) is 0 Å². The maximum absolute atomic E-state index is 3.47. The largest absolute Gasteiger partial charge is 0.147 e. The minimum Gasteiger partial charge on any atom is -0.147 e. The molecule has 0 amide bonds. The third-order valence-corrected chi connectivity index (χ3v) is 5.52. The van der Waals surface area contributed by atoms with Gasteiger partial charge < -0.3 is 0 Å². The van der Waals surface area contributed by atoms with E-state index in [2.05, 4.69) is 97.9 Å². The normalized spacial score (nSPS) is 17.9. The minimum atomic E-state index is -0.192. The number of rotatable bonds is 2. The Morgan fingerprint density at radius 2 is 1.48 bits per heavy atom. The van der Waals surface area contributed by atoms with Crippen LogP contribution in [0, 0.1) is 6.07 Å². The van der Waals surface area contributed by atoms with Gasteiger partial charge in [0.1, 0.15) is 0 Å². The number of benzene rings is 4. The van der Waals surface area contributed by atoms with E-state index in [-0.39, 0.29) is 31.6 Å². The second-order valence-corrected chi connectivity index (χ2v) is 7.11.